The van der Waals surface area contributed by atoms with Gasteiger partial charge in [-0.05, 0) is 50.7 Å². The molecule has 2 aromatic heterocycles. The number of hydrogen-bond acceptors (Lipinski definition) is 5. The lowest BCUT2D eigenvalue weighted by molar-refractivity contribution is -0.0494. The zero-order valence-corrected chi connectivity index (χ0v) is 18.0. The molecule has 3 fully saturated rings. The van der Waals surface area contributed by atoms with E-state index in [4.69, 9.17) is 10.8 Å². The van der Waals surface area contributed by atoms with Crippen molar-refractivity contribution in [1.82, 2.24) is 19.7 Å². The first kappa shape index (κ1) is 21.5. The Hall–Kier alpha value is -2.36. The second-order valence-electron chi connectivity index (χ2n) is 9.44. The van der Waals surface area contributed by atoms with Gasteiger partial charge in [-0.3, -0.25) is 9.58 Å². The van der Waals surface area contributed by atoms with Crippen LogP contribution in [0, 0.1) is 11.8 Å². The van der Waals surface area contributed by atoms with Crippen LogP contribution in [-0.4, -0.2) is 57.8 Å². The van der Waals surface area contributed by atoms with Gasteiger partial charge < -0.3 is 10.5 Å². The number of fused-ring (bicyclic) bond motifs is 1. The van der Waals surface area contributed by atoms with Gasteiger partial charge in [0.2, 0.25) is 0 Å². The maximum Gasteiger partial charge on any atom is 0.387 e. The Balaban J connectivity index is 1.35. The van der Waals surface area contributed by atoms with Gasteiger partial charge in [0, 0.05) is 48.5 Å². The van der Waals surface area contributed by atoms with E-state index < -0.39 is 19.0 Å². The molecule has 1 aliphatic heterocycles. The van der Waals surface area contributed by atoms with Gasteiger partial charge >= 0.3 is 6.61 Å². The van der Waals surface area contributed by atoms with Crippen LogP contribution < -0.4 is 10.5 Å². The average molecular weight is 453 g/mol. The van der Waals surface area contributed by atoms with Crippen LogP contribution in [0.2, 0.25) is 0 Å². The monoisotopic (exact) mass is 453 g/mol. The highest BCUT2D eigenvalue weighted by molar-refractivity contribution is 5.64. The van der Waals surface area contributed by atoms with Gasteiger partial charge in [-0.2, -0.15) is 13.9 Å². The Labute approximate surface area is 183 Å². The lowest BCUT2D eigenvalue weighted by atomic mass is 10.0. The topological polar surface area (TPSA) is 69.2 Å². The van der Waals surface area contributed by atoms with E-state index >= 15 is 0 Å². The van der Waals surface area contributed by atoms with Crippen molar-refractivity contribution in [3.05, 3.63) is 24.0 Å². The van der Waals surface area contributed by atoms with Crippen LogP contribution in [0.4, 0.5) is 23.4 Å². The minimum absolute atomic E-state index is 0.103. The van der Waals surface area contributed by atoms with Crippen LogP contribution in [0.1, 0.15) is 44.3 Å². The minimum atomic E-state index is -2.99. The molecule has 0 amide bonds. The largest absolute Gasteiger partial charge is 0.431 e. The summed E-state index contributed by atoms with van der Waals surface area (Å²) < 4.78 is 59.0. The number of aromatic nitrogens is 3. The van der Waals surface area contributed by atoms with Crippen LogP contribution in [0.15, 0.2) is 18.3 Å². The minimum Gasteiger partial charge on any atom is -0.431 e. The second kappa shape index (κ2) is 7.90. The molecule has 32 heavy (non-hydrogen) atoms. The van der Waals surface area contributed by atoms with Gasteiger partial charge in [0.15, 0.2) is 11.6 Å². The summed E-state index contributed by atoms with van der Waals surface area (Å²) >= 11 is 0. The molecule has 10 heteroatoms. The van der Waals surface area contributed by atoms with Crippen molar-refractivity contribution in [3.8, 4) is 17.0 Å². The molecule has 0 bridgehead atoms. The van der Waals surface area contributed by atoms with E-state index in [1.807, 2.05) is 29.5 Å². The number of nitrogens with zero attached hydrogens (tertiary/aromatic N) is 4. The average Bonchev–Trinajstić information content (AvgIpc) is 3.13. The summed E-state index contributed by atoms with van der Waals surface area (Å²) in [6, 6.07) is 3.78. The number of ether oxygens (including phenoxy) is 1. The molecular weight excluding hydrogens is 426 g/mol. The summed E-state index contributed by atoms with van der Waals surface area (Å²) in [6.45, 7) is 1.48. The number of likely N-dealkylation sites (tertiary alicyclic amines) is 1. The zero-order chi connectivity index (χ0) is 22.7. The first-order valence-corrected chi connectivity index (χ1v) is 11.0. The molecule has 5 rings (SSSR count). The predicted molar refractivity (Wildman–Crippen MR) is 111 cm³/mol. The summed E-state index contributed by atoms with van der Waals surface area (Å²) in [5.74, 6) is 1.01. The van der Waals surface area contributed by atoms with Crippen molar-refractivity contribution in [1.29, 1.82) is 0 Å². The highest BCUT2D eigenvalue weighted by Crippen LogP contribution is 2.64. The molecule has 0 radical (unpaired) electrons. The van der Waals surface area contributed by atoms with Crippen molar-refractivity contribution in [2.75, 3.05) is 18.8 Å². The molecule has 3 aliphatic rings. The standard InChI is InChI=1S/C22H27F4N5O/c1-10(2)31-18(6-17(29-31)11-3-19(32-22(25)26)21(27)28-7-11)20-13-4-12(5-14(13)20)30-8-15(23)16(24)9-30/h3,6-7,10,12-16,20,22H,4-5,8-9H2,1-2H3,(H2,27,28)/t12-,13+,14-,15-,16+,20-. The van der Waals surface area contributed by atoms with E-state index in [0.717, 1.165) is 18.5 Å². The molecular formula is C22H27F4N5O. The molecule has 2 aliphatic carbocycles. The van der Waals surface area contributed by atoms with Gasteiger partial charge in [0.05, 0.1) is 5.69 Å². The third-order valence-electron chi connectivity index (χ3n) is 7.14. The third kappa shape index (κ3) is 3.72. The fraction of sp³-hybridized carbons (Fsp3) is 0.636. The zero-order valence-electron chi connectivity index (χ0n) is 18.0. The number of anilines is 1. The summed E-state index contributed by atoms with van der Waals surface area (Å²) in [7, 11) is 0. The molecule has 6 nitrogen and oxygen atoms in total. The van der Waals surface area contributed by atoms with Gasteiger partial charge in [0.25, 0.3) is 0 Å². The Morgan fingerprint density at radius 3 is 2.34 bits per heavy atom. The lowest BCUT2D eigenvalue weighted by Crippen LogP contribution is -2.33. The number of pyridine rings is 1. The smallest absolute Gasteiger partial charge is 0.387 e. The third-order valence-corrected chi connectivity index (χ3v) is 7.14. The predicted octanol–water partition coefficient (Wildman–Crippen LogP) is 4.19. The molecule has 0 spiro atoms. The van der Waals surface area contributed by atoms with E-state index in [-0.39, 0.29) is 36.7 Å². The Kier molecular flexibility index (Phi) is 5.30. The van der Waals surface area contributed by atoms with E-state index in [0.29, 0.717) is 29.0 Å². The van der Waals surface area contributed by atoms with Crippen LogP contribution in [-0.2, 0) is 0 Å². The van der Waals surface area contributed by atoms with Crippen LogP contribution in [0.5, 0.6) is 5.75 Å². The molecule has 2 saturated carbocycles. The normalized spacial score (nSPS) is 32.1. The Bertz CT molecular complexity index is 977. The maximum atomic E-state index is 13.6. The quantitative estimate of drug-likeness (QED) is 0.665. The fourth-order valence-corrected chi connectivity index (χ4v) is 5.60. The van der Waals surface area contributed by atoms with Crippen molar-refractivity contribution in [3.63, 3.8) is 0 Å². The van der Waals surface area contributed by atoms with E-state index in [1.54, 1.807) is 0 Å². The molecule has 0 unspecified atom stereocenters. The molecule has 3 heterocycles. The number of nitrogen functional groups attached to an aromatic ring is 1. The van der Waals surface area contributed by atoms with Crippen LogP contribution in [0.25, 0.3) is 11.3 Å². The number of rotatable bonds is 6. The highest BCUT2D eigenvalue weighted by atomic mass is 19.3. The van der Waals surface area contributed by atoms with Gasteiger partial charge in [-0.15, -0.1) is 0 Å². The molecule has 1 saturated heterocycles. The van der Waals surface area contributed by atoms with Crippen molar-refractivity contribution in [2.24, 2.45) is 11.8 Å². The first-order chi connectivity index (χ1) is 15.2. The fourth-order valence-electron chi connectivity index (χ4n) is 5.60. The van der Waals surface area contributed by atoms with Gasteiger partial charge in [-0.1, -0.05) is 0 Å². The van der Waals surface area contributed by atoms with Crippen molar-refractivity contribution < 1.29 is 22.3 Å². The molecule has 6 atom stereocenters. The summed E-state index contributed by atoms with van der Waals surface area (Å²) in [4.78, 5) is 5.95. The molecule has 2 aromatic rings. The van der Waals surface area contributed by atoms with E-state index in [1.165, 1.54) is 12.3 Å². The van der Waals surface area contributed by atoms with Crippen LogP contribution >= 0.6 is 0 Å². The number of hydrogen-bond donors (Lipinski definition) is 1. The number of nitrogens with two attached hydrogens (primary N) is 1. The van der Waals surface area contributed by atoms with Gasteiger partial charge in [0.1, 0.15) is 12.3 Å². The Morgan fingerprint density at radius 1 is 1.09 bits per heavy atom. The summed E-state index contributed by atoms with van der Waals surface area (Å²) in [6.07, 6.45) is 0.620. The van der Waals surface area contributed by atoms with E-state index in [9.17, 15) is 17.6 Å². The molecule has 0 aromatic carbocycles. The summed E-state index contributed by atoms with van der Waals surface area (Å²) in [5, 5.41) is 4.72. The number of halogens is 4. The number of alkyl halides is 4. The van der Waals surface area contributed by atoms with E-state index in [2.05, 4.69) is 9.72 Å². The summed E-state index contributed by atoms with van der Waals surface area (Å²) in [5.41, 5.74) is 7.94. The Morgan fingerprint density at radius 2 is 1.75 bits per heavy atom. The molecule has 2 N–H and O–H groups in total. The second-order valence-corrected chi connectivity index (χ2v) is 9.44. The highest BCUT2D eigenvalue weighted by Gasteiger charge is 2.59. The van der Waals surface area contributed by atoms with Crippen molar-refractivity contribution >= 4 is 5.82 Å². The lowest BCUT2D eigenvalue weighted by Gasteiger charge is -2.25. The maximum absolute atomic E-state index is 13.6. The SMILES string of the molecule is CC(C)n1nc(-c2cnc(N)c(OC(F)F)c2)cc1[C@H]1[C@@H]2C[C@H](N3C[C@@H](F)[C@@H](F)C3)C[C@@H]21. The first-order valence-electron chi connectivity index (χ1n) is 11.0. The van der Waals surface area contributed by atoms with Gasteiger partial charge in [-0.25, -0.2) is 13.8 Å². The van der Waals surface area contributed by atoms with Crippen LogP contribution in [0.3, 0.4) is 0 Å². The van der Waals surface area contributed by atoms with Crippen molar-refractivity contribution in [2.45, 2.75) is 63.6 Å². The molecule has 174 valence electrons.